The first kappa shape index (κ1) is 20.7. The summed E-state index contributed by atoms with van der Waals surface area (Å²) in [5.74, 6) is -1.29. The summed E-state index contributed by atoms with van der Waals surface area (Å²) in [6.07, 6.45) is 0.708. The molecule has 2 amide bonds. The maximum absolute atomic E-state index is 12.5. The number of nitrogens with one attached hydrogen (secondary N) is 2. The van der Waals surface area contributed by atoms with E-state index in [1.807, 2.05) is 0 Å². The van der Waals surface area contributed by atoms with Crippen molar-refractivity contribution in [3.05, 3.63) is 34.2 Å². The number of nitrogens with zero attached hydrogens (tertiary/aromatic N) is 1. The highest BCUT2D eigenvalue weighted by Crippen LogP contribution is 2.32. The summed E-state index contributed by atoms with van der Waals surface area (Å²) in [4.78, 5) is 52.8. The Morgan fingerprint density at radius 2 is 2.07 bits per heavy atom. The molecule has 29 heavy (non-hydrogen) atoms. The van der Waals surface area contributed by atoms with Crippen molar-refractivity contribution in [3.8, 4) is 0 Å². The highest BCUT2D eigenvalue weighted by molar-refractivity contribution is 7.17. The van der Waals surface area contributed by atoms with Gasteiger partial charge in [-0.15, -0.1) is 0 Å². The van der Waals surface area contributed by atoms with Crippen molar-refractivity contribution >= 4 is 40.0 Å². The zero-order valence-corrected chi connectivity index (χ0v) is 16.9. The molecule has 0 aromatic carbocycles. The Hall–Kier alpha value is -3.01. The highest BCUT2D eigenvalue weighted by Gasteiger charge is 2.33. The van der Waals surface area contributed by atoms with Crippen molar-refractivity contribution in [2.75, 3.05) is 11.9 Å². The summed E-state index contributed by atoms with van der Waals surface area (Å²) >= 11 is 1.14. The number of anilines is 1. The molecule has 0 saturated carbocycles. The molecule has 0 aliphatic heterocycles. The number of carbonyl (C=O) groups is 4. The minimum atomic E-state index is -0.565. The van der Waals surface area contributed by atoms with E-state index in [4.69, 9.17) is 9.15 Å². The number of furan rings is 1. The lowest BCUT2D eigenvalue weighted by atomic mass is 9.89. The summed E-state index contributed by atoms with van der Waals surface area (Å²) in [6, 6.07) is 3.07. The summed E-state index contributed by atoms with van der Waals surface area (Å²) < 4.78 is 10.2. The number of ether oxygens (including phenoxy) is 1. The Bertz CT molecular complexity index is 948. The highest BCUT2D eigenvalue weighted by atomic mass is 32.1. The first-order chi connectivity index (χ1) is 13.9. The number of fused-ring (bicyclic) bond motifs is 1. The summed E-state index contributed by atoms with van der Waals surface area (Å²) in [5, 5.41) is 5.74. The minimum Gasteiger partial charge on any atom is -0.460 e. The fourth-order valence-electron chi connectivity index (χ4n) is 2.88. The second-order valence-electron chi connectivity index (χ2n) is 6.43. The average Bonchev–Trinajstić information content (AvgIpc) is 3.33. The van der Waals surface area contributed by atoms with Gasteiger partial charge < -0.3 is 19.8 Å². The lowest BCUT2D eigenvalue weighted by Gasteiger charge is -2.19. The van der Waals surface area contributed by atoms with E-state index < -0.39 is 11.9 Å². The van der Waals surface area contributed by atoms with Gasteiger partial charge in [0.15, 0.2) is 10.9 Å². The molecule has 2 aromatic heterocycles. The van der Waals surface area contributed by atoms with Crippen LogP contribution in [-0.2, 0) is 27.3 Å². The van der Waals surface area contributed by atoms with Crippen molar-refractivity contribution in [3.63, 3.8) is 0 Å². The summed E-state index contributed by atoms with van der Waals surface area (Å²) in [6.45, 7) is 3.75. The van der Waals surface area contributed by atoms with Crippen molar-refractivity contribution in [1.82, 2.24) is 10.3 Å². The fraction of sp³-hybridized carbons (Fsp3) is 0.421. The molecule has 2 aromatic rings. The Kier molecular flexibility index (Phi) is 6.42. The second-order valence-corrected chi connectivity index (χ2v) is 7.43. The van der Waals surface area contributed by atoms with E-state index in [-0.39, 0.29) is 42.9 Å². The van der Waals surface area contributed by atoms with Crippen LogP contribution in [0.15, 0.2) is 16.5 Å². The number of Topliss-reactive ketones (excluding diaryl/α,β-unsaturated/α-hetero) is 1. The topological polar surface area (TPSA) is 128 Å². The molecule has 10 heteroatoms. The van der Waals surface area contributed by atoms with Gasteiger partial charge in [-0.3, -0.25) is 14.4 Å². The lowest BCUT2D eigenvalue weighted by molar-refractivity contribution is -0.125. The standard InChI is InChI=1S/C19H21N3O6S/c1-3-15(24)22-19-21-12-7-10(8-13(23)16(12)29-19)17(25)20-9-11-5-6-14(28-11)18(26)27-4-2/h5-6,10H,3-4,7-9H2,1-2H3,(H,20,25)(H,21,22,24)/t10-/m0/s1. The summed E-state index contributed by atoms with van der Waals surface area (Å²) in [7, 11) is 0. The van der Waals surface area contributed by atoms with Crippen LogP contribution in [0.25, 0.3) is 0 Å². The smallest absolute Gasteiger partial charge is 0.374 e. The van der Waals surface area contributed by atoms with E-state index in [1.165, 1.54) is 6.07 Å². The number of hydrogen-bond donors (Lipinski definition) is 2. The monoisotopic (exact) mass is 419 g/mol. The number of esters is 1. The third-order valence-corrected chi connectivity index (χ3v) is 5.39. The van der Waals surface area contributed by atoms with Crippen molar-refractivity contribution < 1.29 is 28.3 Å². The van der Waals surface area contributed by atoms with Gasteiger partial charge in [-0.1, -0.05) is 18.3 Å². The largest absolute Gasteiger partial charge is 0.460 e. The molecule has 1 atom stereocenters. The number of thiazole rings is 1. The van der Waals surface area contributed by atoms with Gasteiger partial charge in [0.2, 0.25) is 17.6 Å². The predicted octanol–water partition coefficient (Wildman–Crippen LogP) is 2.32. The SMILES string of the molecule is CCOC(=O)c1ccc(CNC(=O)[C@@H]2CC(=O)c3sc(NC(=O)CC)nc3C2)o1. The first-order valence-corrected chi connectivity index (χ1v) is 10.1. The molecule has 0 saturated heterocycles. The Morgan fingerprint density at radius 1 is 1.28 bits per heavy atom. The van der Waals surface area contributed by atoms with Crippen LogP contribution in [0.3, 0.4) is 0 Å². The Balaban J connectivity index is 1.59. The molecule has 0 fully saturated rings. The van der Waals surface area contributed by atoms with Crippen LogP contribution >= 0.6 is 11.3 Å². The van der Waals surface area contributed by atoms with Crippen molar-refractivity contribution in [2.24, 2.45) is 5.92 Å². The van der Waals surface area contributed by atoms with Gasteiger partial charge in [0.1, 0.15) is 5.76 Å². The van der Waals surface area contributed by atoms with Crippen molar-refractivity contribution in [2.45, 2.75) is 39.7 Å². The van der Waals surface area contributed by atoms with E-state index in [9.17, 15) is 19.2 Å². The van der Waals surface area contributed by atoms with Crippen LogP contribution in [0.1, 0.15) is 58.4 Å². The van der Waals surface area contributed by atoms with Crippen LogP contribution in [0.5, 0.6) is 0 Å². The van der Waals surface area contributed by atoms with Crippen LogP contribution in [0.4, 0.5) is 5.13 Å². The van der Waals surface area contributed by atoms with E-state index in [1.54, 1.807) is 19.9 Å². The van der Waals surface area contributed by atoms with E-state index >= 15 is 0 Å². The maximum atomic E-state index is 12.5. The Labute approximate surface area is 170 Å². The number of rotatable bonds is 7. The normalized spacial score (nSPS) is 15.5. The first-order valence-electron chi connectivity index (χ1n) is 9.27. The van der Waals surface area contributed by atoms with Gasteiger partial charge in [0.05, 0.1) is 29.6 Å². The molecule has 3 rings (SSSR count). The van der Waals surface area contributed by atoms with Gasteiger partial charge in [-0.05, 0) is 19.1 Å². The number of ketones is 1. The number of aromatic nitrogens is 1. The molecule has 154 valence electrons. The molecule has 0 bridgehead atoms. The molecule has 1 aliphatic carbocycles. The molecular formula is C19H21N3O6S. The van der Waals surface area contributed by atoms with E-state index in [0.29, 0.717) is 34.3 Å². The molecule has 1 aliphatic rings. The average molecular weight is 419 g/mol. The van der Waals surface area contributed by atoms with Gasteiger partial charge in [-0.2, -0.15) is 0 Å². The molecule has 0 radical (unpaired) electrons. The van der Waals surface area contributed by atoms with Crippen LogP contribution in [-0.4, -0.2) is 35.2 Å². The molecular weight excluding hydrogens is 398 g/mol. The van der Waals surface area contributed by atoms with E-state index in [0.717, 1.165) is 11.3 Å². The third kappa shape index (κ3) is 4.89. The molecule has 2 heterocycles. The fourth-order valence-corrected chi connectivity index (χ4v) is 3.84. The molecule has 0 spiro atoms. The molecule has 2 N–H and O–H groups in total. The maximum Gasteiger partial charge on any atom is 0.374 e. The number of hydrogen-bond acceptors (Lipinski definition) is 8. The summed E-state index contributed by atoms with van der Waals surface area (Å²) in [5.41, 5.74) is 0.528. The van der Waals surface area contributed by atoms with Gasteiger partial charge >= 0.3 is 5.97 Å². The van der Waals surface area contributed by atoms with Crippen LogP contribution in [0.2, 0.25) is 0 Å². The minimum absolute atomic E-state index is 0.0673. The van der Waals surface area contributed by atoms with Gasteiger partial charge in [0.25, 0.3) is 0 Å². The Morgan fingerprint density at radius 3 is 2.79 bits per heavy atom. The molecule has 0 unspecified atom stereocenters. The third-order valence-electron chi connectivity index (χ3n) is 4.34. The van der Waals surface area contributed by atoms with Crippen molar-refractivity contribution in [1.29, 1.82) is 0 Å². The van der Waals surface area contributed by atoms with Crippen LogP contribution in [0, 0.1) is 5.92 Å². The van der Waals surface area contributed by atoms with Gasteiger partial charge in [0, 0.05) is 19.3 Å². The number of amides is 2. The van der Waals surface area contributed by atoms with Crippen LogP contribution < -0.4 is 10.6 Å². The number of carbonyl (C=O) groups excluding carboxylic acids is 4. The molecule has 9 nitrogen and oxygen atoms in total. The predicted molar refractivity (Wildman–Crippen MR) is 104 cm³/mol. The second kappa shape index (κ2) is 8.99. The van der Waals surface area contributed by atoms with Gasteiger partial charge in [-0.25, -0.2) is 9.78 Å². The zero-order valence-electron chi connectivity index (χ0n) is 16.1. The van der Waals surface area contributed by atoms with E-state index in [2.05, 4.69) is 15.6 Å². The quantitative estimate of drug-likeness (QED) is 0.659. The lowest BCUT2D eigenvalue weighted by Crippen LogP contribution is -2.35. The zero-order chi connectivity index (χ0) is 21.0.